The molecule has 2 nitrogen and oxygen atoms in total. The van der Waals surface area contributed by atoms with Gasteiger partial charge in [0.1, 0.15) is 0 Å². The first kappa shape index (κ1) is 10.9. The molecular formula is C10H21FN2. The number of halogens is 1. The fourth-order valence-corrected chi connectivity index (χ4v) is 1.90. The van der Waals surface area contributed by atoms with Crippen LogP contribution in [0, 0.1) is 0 Å². The Morgan fingerprint density at radius 1 is 1.46 bits per heavy atom. The van der Waals surface area contributed by atoms with E-state index in [2.05, 4.69) is 24.1 Å². The van der Waals surface area contributed by atoms with E-state index in [0.717, 1.165) is 26.2 Å². The molecule has 0 aromatic rings. The molecule has 0 radical (unpaired) electrons. The first-order valence-electron chi connectivity index (χ1n) is 5.17. The maximum atomic E-state index is 12.0. The summed E-state index contributed by atoms with van der Waals surface area (Å²) in [6, 6.07) is 0. The third-order valence-electron chi connectivity index (χ3n) is 2.48. The van der Waals surface area contributed by atoms with Crippen LogP contribution in [0.2, 0.25) is 0 Å². The molecule has 0 amide bonds. The lowest BCUT2D eigenvalue weighted by Gasteiger charge is -2.29. The van der Waals surface area contributed by atoms with Gasteiger partial charge in [-0.15, -0.1) is 0 Å². The Labute approximate surface area is 80.5 Å². The van der Waals surface area contributed by atoms with Gasteiger partial charge in [0.05, 0.1) is 6.67 Å². The molecule has 0 saturated carbocycles. The fourth-order valence-electron chi connectivity index (χ4n) is 1.90. The minimum atomic E-state index is -0.190. The van der Waals surface area contributed by atoms with Crippen molar-refractivity contribution in [2.45, 2.75) is 32.2 Å². The molecule has 0 aromatic carbocycles. The number of hydrogen-bond acceptors (Lipinski definition) is 2. The molecule has 0 unspecified atom stereocenters. The highest BCUT2D eigenvalue weighted by molar-refractivity contribution is 4.84. The molecule has 0 spiro atoms. The third-order valence-corrected chi connectivity index (χ3v) is 2.48. The summed E-state index contributed by atoms with van der Waals surface area (Å²) < 4.78 is 12.0. The summed E-state index contributed by atoms with van der Waals surface area (Å²) in [5, 5.41) is 3.49. The molecule has 1 aliphatic heterocycles. The molecule has 1 fully saturated rings. The molecule has 13 heavy (non-hydrogen) atoms. The topological polar surface area (TPSA) is 15.3 Å². The lowest BCUT2D eigenvalue weighted by atomic mass is 10.1. The monoisotopic (exact) mass is 188 g/mol. The molecule has 78 valence electrons. The first-order chi connectivity index (χ1) is 6.14. The minimum Gasteiger partial charge on any atom is -0.310 e. The van der Waals surface area contributed by atoms with Gasteiger partial charge in [-0.25, -0.2) is 0 Å². The predicted molar refractivity (Wildman–Crippen MR) is 53.7 cm³/mol. The van der Waals surface area contributed by atoms with Gasteiger partial charge in [-0.05, 0) is 39.8 Å². The van der Waals surface area contributed by atoms with Gasteiger partial charge in [0.25, 0.3) is 0 Å². The number of hydrogen-bond donors (Lipinski definition) is 1. The van der Waals surface area contributed by atoms with Gasteiger partial charge in [0.15, 0.2) is 0 Å². The molecular weight excluding hydrogens is 167 g/mol. The van der Waals surface area contributed by atoms with Crippen LogP contribution in [0.3, 0.4) is 0 Å². The van der Waals surface area contributed by atoms with Crippen LogP contribution in [0.1, 0.15) is 26.7 Å². The second-order valence-corrected chi connectivity index (χ2v) is 4.48. The van der Waals surface area contributed by atoms with Gasteiger partial charge >= 0.3 is 0 Å². The zero-order valence-corrected chi connectivity index (χ0v) is 8.77. The SMILES string of the molecule is CC1(C)CN(CCCF)CCCN1. The maximum Gasteiger partial charge on any atom is 0.0906 e. The average Bonchev–Trinajstić information content (AvgIpc) is 2.22. The van der Waals surface area contributed by atoms with Crippen LogP contribution >= 0.6 is 0 Å². The lowest BCUT2D eigenvalue weighted by molar-refractivity contribution is 0.222. The molecule has 1 saturated heterocycles. The van der Waals surface area contributed by atoms with Crippen molar-refractivity contribution in [1.82, 2.24) is 10.2 Å². The Morgan fingerprint density at radius 3 is 2.92 bits per heavy atom. The Hall–Kier alpha value is -0.150. The summed E-state index contributed by atoms with van der Waals surface area (Å²) in [5.41, 5.74) is 0.187. The smallest absolute Gasteiger partial charge is 0.0906 e. The van der Waals surface area contributed by atoms with Crippen LogP contribution in [0.4, 0.5) is 4.39 Å². The van der Waals surface area contributed by atoms with Crippen molar-refractivity contribution in [1.29, 1.82) is 0 Å². The van der Waals surface area contributed by atoms with Crippen LogP contribution < -0.4 is 5.32 Å². The van der Waals surface area contributed by atoms with E-state index in [1.165, 1.54) is 6.42 Å². The summed E-state index contributed by atoms with van der Waals surface area (Å²) in [6.45, 7) is 8.36. The molecule has 0 aromatic heterocycles. The van der Waals surface area contributed by atoms with E-state index >= 15 is 0 Å². The second-order valence-electron chi connectivity index (χ2n) is 4.48. The predicted octanol–water partition coefficient (Wildman–Crippen LogP) is 1.42. The molecule has 0 bridgehead atoms. The molecule has 3 heteroatoms. The molecule has 1 N–H and O–H groups in total. The zero-order chi connectivity index (χ0) is 9.73. The molecule has 0 aliphatic carbocycles. The standard InChI is InChI=1S/C10H21FN2/c1-10(2)9-13(7-3-5-11)8-4-6-12-10/h12H,3-9H2,1-2H3. The summed E-state index contributed by atoms with van der Waals surface area (Å²) in [4.78, 5) is 2.36. The average molecular weight is 188 g/mol. The van der Waals surface area contributed by atoms with Crippen molar-refractivity contribution >= 4 is 0 Å². The Morgan fingerprint density at radius 2 is 2.23 bits per heavy atom. The van der Waals surface area contributed by atoms with Gasteiger partial charge in [-0.2, -0.15) is 0 Å². The van der Waals surface area contributed by atoms with Gasteiger partial charge in [-0.1, -0.05) is 0 Å². The van der Waals surface area contributed by atoms with Crippen LogP contribution in [-0.2, 0) is 0 Å². The van der Waals surface area contributed by atoms with Gasteiger partial charge in [-0.3, -0.25) is 4.39 Å². The zero-order valence-electron chi connectivity index (χ0n) is 8.77. The van der Waals surface area contributed by atoms with Crippen LogP contribution in [0.5, 0.6) is 0 Å². The highest BCUT2D eigenvalue weighted by Crippen LogP contribution is 2.10. The molecule has 1 rings (SSSR count). The molecule has 0 atom stereocenters. The van der Waals surface area contributed by atoms with E-state index in [1.54, 1.807) is 0 Å². The van der Waals surface area contributed by atoms with Crippen molar-refractivity contribution in [3.63, 3.8) is 0 Å². The van der Waals surface area contributed by atoms with Crippen molar-refractivity contribution < 1.29 is 4.39 Å². The van der Waals surface area contributed by atoms with Crippen molar-refractivity contribution in [3.8, 4) is 0 Å². The van der Waals surface area contributed by atoms with Crippen molar-refractivity contribution in [2.75, 3.05) is 32.9 Å². The van der Waals surface area contributed by atoms with Gasteiger partial charge in [0, 0.05) is 18.6 Å². The van der Waals surface area contributed by atoms with Crippen molar-refractivity contribution in [3.05, 3.63) is 0 Å². The molecule has 1 heterocycles. The van der Waals surface area contributed by atoms with E-state index in [4.69, 9.17) is 0 Å². The fraction of sp³-hybridized carbons (Fsp3) is 1.00. The number of nitrogens with zero attached hydrogens (tertiary/aromatic N) is 1. The highest BCUT2D eigenvalue weighted by atomic mass is 19.1. The third kappa shape index (κ3) is 4.05. The first-order valence-corrected chi connectivity index (χ1v) is 5.17. The number of alkyl halides is 1. The Kier molecular flexibility index (Phi) is 4.13. The van der Waals surface area contributed by atoms with E-state index in [1.807, 2.05) is 0 Å². The van der Waals surface area contributed by atoms with E-state index in [0.29, 0.717) is 6.42 Å². The summed E-state index contributed by atoms with van der Waals surface area (Å²) >= 11 is 0. The Bertz CT molecular complexity index is 148. The minimum absolute atomic E-state index is 0.187. The van der Waals surface area contributed by atoms with Crippen molar-refractivity contribution in [2.24, 2.45) is 0 Å². The van der Waals surface area contributed by atoms with Gasteiger partial charge in [0.2, 0.25) is 0 Å². The normalized spacial score (nSPS) is 24.2. The molecule has 1 aliphatic rings. The van der Waals surface area contributed by atoms with Gasteiger partial charge < -0.3 is 10.2 Å². The summed E-state index contributed by atoms with van der Waals surface area (Å²) in [6.07, 6.45) is 1.85. The number of nitrogens with one attached hydrogen (secondary N) is 1. The lowest BCUT2D eigenvalue weighted by Crippen LogP contribution is -2.46. The largest absolute Gasteiger partial charge is 0.310 e. The van der Waals surface area contributed by atoms with Crippen LogP contribution in [0.15, 0.2) is 0 Å². The second kappa shape index (κ2) is 4.91. The van der Waals surface area contributed by atoms with E-state index < -0.39 is 0 Å². The highest BCUT2D eigenvalue weighted by Gasteiger charge is 2.23. The number of rotatable bonds is 3. The Balaban J connectivity index is 2.36. The van der Waals surface area contributed by atoms with E-state index in [9.17, 15) is 4.39 Å². The maximum absolute atomic E-state index is 12.0. The van der Waals surface area contributed by atoms with Crippen LogP contribution in [0.25, 0.3) is 0 Å². The van der Waals surface area contributed by atoms with Crippen LogP contribution in [-0.4, -0.2) is 43.3 Å². The quantitative estimate of drug-likeness (QED) is 0.720. The summed E-state index contributed by atoms with van der Waals surface area (Å²) in [5.74, 6) is 0. The summed E-state index contributed by atoms with van der Waals surface area (Å²) in [7, 11) is 0. The van der Waals surface area contributed by atoms with E-state index in [-0.39, 0.29) is 12.2 Å².